The van der Waals surface area contributed by atoms with Crippen LogP contribution in [0, 0.1) is 6.92 Å². The van der Waals surface area contributed by atoms with Gasteiger partial charge in [-0.25, -0.2) is 0 Å². The fraction of sp³-hybridized carbons (Fsp3) is 0.267. The number of carbonyl (C=O) groups excluding carboxylic acids is 1. The third-order valence-corrected chi connectivity index (χ3v) is 4.74. The molecule has 3 aromatic rings. The first-order chi connectivity index (χ1) is 11.0. The summed E-state index contributed by atoms with van der Waals surface area (Å²) in [4.78, 5) is 19.5. The van der Waals surface area contributed by atoms with E-state index >= 15 is 0 Å². The minimum Gasteiger partial charge on any atom is -0.357 e. The van der Waals surface area contributed by atoms with Gasteiger partial charge >= 0.3 is 0 Å². The average Bonchev–Trinajstić information content (AvgIpc) is 3.03. The Labute approximate surface area is 141 Å². The second kappa shape index (κ2) is 5.25. The van der Waals surface area contributed by atoms with Gasteiger partial charge in [-0.2, -0.15) is 4.98 Å². The number of benzene rings is 1. The van der Waals surface area contributed by atoms with Crippen molar-refractivity contribution in [3.05, 3.63) is 33.2 Å². The Morgan fingerprint density at radius 1 is 1.35 bits per heavy atom. The second-order valence-electron chi connectivity index (χ2n) is 5.48. The van der Waals surface area contributed by atoms with Crippen molar-refractivity contribution in [3.8, 4) is 11.5 Å². The van der Waals surface area contributed by atoms with Crippen LogP contribution in [0.25, 0.3) is 22.4 Å². The maximum Gasteiger partial charge on any atom is 0.258 e. The van der Waals surface area contributed by atoms with Crippen LogP contribution in [0.4, 0.5) is 0 Å². The molecular weight excluding hydrogens is 339 g/mol. The molecule has 2 N–H and O–H groups in total. The Kier molecular flexibility index (Phi) is 3.32. The summed E-state index contributed by atoms with van der Waals surface area (Å²) in [6, 6.07) is 1.70. The van der Waals surface area contributed by atoms with E-state index in [4.69, 9.17) is 27.7 Å². The molecule has 1 aliphatic rings. The maximum atomic E-state index is 12.0. The molecule has 3 heterocycles. The van der Waals surface area contributed by atoms with Gasteiger partial charge < -0.3 is 14.8 Å². The molecule has 1 amide bonds. The highest BCUT2D eigenvalue weighted by molar-refractivity contribution is 6.45. The molecule has 0 aliphatic carbocycles. The zero-order chi connectivity index (χ0) is 16.1. The minimum absolute atomic E-state index is 0.0246. The van der Waals surface area contributed by atoms with Crippen molar-refractivity contribution < 1.29 is 9.32 Å². The molecule has 0 spiro atoms. The zero-order valence-corrected chi connectivity index (χ0v) is 13.7. The molecule has 0 fully saturated rings. The lowest BCUT2D eigenvalue weighted by atomic mass is 10.0. The summed E-state index contributed by atoms with van der Waals surface area (Å²) < 4.78 is 5.29. The molecule has 0 unspecified atom stereocenters. The van der Waals surface area contributed by atoms with Crippen LogP contribution >= 0.6 is 23.2 Å². The number of aryl methyl sites for hydroxylation is 1. The first-order valence-electron chi connectivity index (χ1n) is 7.13. The van der Waals surface area contributed by atoms with Gasteiger partial charge in [-0.05, 0) is 18.6 Å². The van der Waals surface area contributed by atoms with Gasteiger partial charge in [-0.15, -0.1) is 0 Å². The zero-order valence-electron chi connectivity index (χ0n) is 12.2. The van der Waals surface area contributed by atoms with E-state index in [1.807, 2.05) is 0 Å². The number of nitrogens with one attached hydrogen (secondary N) is 2. The van der Waals surface area contributed by atoms with E-state index in [0.29, 0.717) is 45.8 Å². The lowest BCUT2D eigenvalue weighted by molar-refractivity contribution is -0.120. The molecule has 23 heavy (non-hydrogen) atoms. The van der Waals surface area contributed by atoms with Crippen LogP contribution in [-0.2, 0) is 17.6 Å². The van der Waals surface area contributed by atoms with Crippen molar-refractivity contribution in [1.82, 2.24) is 20.4 Å². The highest BCUT2D eigenvalue weighted by atomic mass is 35.5. The predicted octanol–water partition coefficient (Wildman–Crippen LogP) is 3.05. The Balaban J connectivity index is 2.08. The van der Waals surface area contributed by atoms with E-state index in [9.17, 15) is 4.79 Å². The molecule has 6 nitrogen and oxygen atoms in total. The number of hydrogen-bond acceptors (Lipinski definition) is 4. The van der Waals surface area contributed by atoms with Crippen LogP contribution in [0.1, 0.15) is 17.1 Å². The molecule has 0 atom stereocenters. The number of carbonyl (C=O) groups is 1. The summed E-state index contributed by atoms with van der Waals surface area (Å²) in [5.41, 5.74) is 3.26. The molecule has 118 valence electrons. The summed E-state index contributed by atoms with van der Waals surface area (Å²) in [6.45, 7) is 2.33. The SMILES string of the molecule is Cc1noc(-c2cc(Cl)c(Cl)c3[nH]c4c(c23)CC(=O)NCC4)n1. The standard InChI is InChI=1S/C15H12Cl2N4O2/c1-6-19-15(23-21-6)8-4-9(16)13(17)14-12(8)7-5-11(22)18-3-2-10(7)20-14/h4,20H,2-3,5H2,1H3,(H,18,22). The number of halogens is 2. The number of H-pyrrole nitrogens is 1. The molecule has 0 radical (unpaired) electrons. The van der Waals surface area contributed by atoms with Crippen molar-refractivity contribution in [2.75, 3.05) is 6.54 Å². The molecule has 0 saturated carbocycles. The number of rotatable bonds is 1. The maximum absolute atomic E-state index is 12.0. The highest BCUT2D eigenvalue weighted by Crippen LogP contribution is 2.41. The van der Waals surface area contributed by atoms with Gasteiger partial charge in [0, 0.05) is 24.0 Å². The number of fused-ring (bicyclic) bond motifs is 3. The molecule has 4 rings (SSSR count). The third-order valence-electron chi connectivity index (χ3n) is 3.95. The predicted molar refractivity (Wildman–Crippen MR) is 86.8 cm³/mol. The average molecular weight is 351 g/mol. The monoisotopic (exact) mass is 350 g/mol. The number of aromatic nitrogens is 3. The fourth-order valence-corrected chi connectivity index (χ4v) is 3.37. The first kappa shape index (κ1) is 14.5. The molecule has 0 saturated heterocycles. The lowest BCUT2D eigenvalue weighted by Gasteiger charge is -2.05. The lowest BCUT2D eigenvalue weighted by Crippen LogP contribution is -2.24. The van der Waals surface area contributed by atoms with Crippen LogP contribution in [-0.4, -0.2) is 27.6 Å². The summed E-state index contributed by atoms with van der Waals surface area (Å²) in [6.07, 6.45) is 0.972. The van der Waals surface area contributed by atoms with Gasteiger partial charge in [-0.1, -0.05) is 28.4 Å². The highest BCUT2D eigenvalue weighted by Gasteiger charge is 2.25. The Morgan fingerprint density at radius 2 is 2.17 bits per heavy atom. The summed E-state index contributed by atoms with van der Waals surface area (Å²) in [5, 5.41) is 8.33. The second-order valence-corrected chi connectivity index (χ2v) is 6.26. The number of hydrogen-bond donors (Lipinski definition) is 2. The van der Waals surface area contributed by atoms with Gasteiger partial charge in [0.2, 0.25) is 5.91 Å². The smallest absolute Gasteiger partial charge is 0.258 e. The van der Waals surface area contributed by atoms with Crippen molar-refractivity contribution in [2.24, 2.45) is 0 Å². The summed E-state index contributed by atoms with van der Waals surface area (Å²) >= 11 is 12.6. The van der Waals surface area contributed by atoms with E-state index in [1.54, 1.807) is 13.0 Å². The molecule has 1 aromatic carbocycles. The van der Waals surface area contributed by atoms with Gasteiger partial charge in [0.05, 0.1) is 27.5 Å². The van der Waals surface area contributed by atoms with E-state index in [1.165, 1.54) is 0 Å². The normalized spacial score (nSPS) is 14.7. The van der Waals surface area contributed by atoms with Crippen molar-refractivity contribution >= 4 is 40.0 Å². The van der Waals surface area contributed by atoms with Crippen molar-refractivity contribution in [2.45, 2.75) is 19.8 Å². The van der Waals surface area contributed by atoms with Gasteiger partial charge in [0.1, 0.15) is 0 Å². The van der Waals surface area contributed by atoms with Gasteiger partial charge in [0.25, 0.3) is 5.89 Å². The number of nitrogens with zero attached hydrogens (tertiary/aromatic N) is 2. The van der Waals surface area contributed by atoms with Crippen LogP contribution in [0.5, 0.6) is 0 Å². The largest absolute Gasteiger partial charge is 0.357 e. The van der Waals surface area contributed by atoms with Gasteiger partial charge in [0.15, 0.2) is 5.82 Å². The Bertz CT molecular complexity index is 945. The Hall–Kier alpha value is -2.05. The van der Waals surface area contributed by atoms with Crippen LogP contribution < -0.4 is 5.32 Å². The van der Waals surface area contributed by atoms with E-state index in [0.717, 1.165) is 16.6 Å². The molecule has 1 aliphatic heterocycles. The Morgan fingerprint density at radius 3 is 2.91 bits per heavy atom. The van der Waals surface area contributed by atoms with Crippen LogP contribution in [0.2, 0.25) is 10.0 Å². The third kappa shape index (κ3) is 2.29. The molecule has 0 bridgehead atoms. The van der Waals surface area contributed by atoms with E-state index in [-0.39, 0.29) is 12.3 Å². The van der Waals surface area contributed by atoms with Crippen LogP contribution in [0.3, 0.4) is 0 Å². The molecule has 8 heteroatoms. The number of aromatic amines is 1. The number of amides is 1. The minimum atomic E-state index is -0.0246. The quantitative estimate of drug-likeness (QED) is 0.706. The summed E-state index contributed by atoms with van der Waals surface area (Å²) in [7, 11) is 0. The molecule has 2 aromatic heterocycles. The fourth-order valence-electron chi connectivity index (χ4n) is 2.97. The topological polar surface area (TPSA) is 83.8 Å². The summed E-state index contributed by atoms with van der Waals surface area (Å²) in [5.74, 6) is 0.861. The van der Waals surface area contributed by atoms with E-state index < -0.39 is 0 Å². The molecular formula is C15H12Cl2N4O2. The van der Waals surface area contributed by atoms with Crippen molar-refractivity contribution in [3.63, 3.8) is 0 Å². The van der Waals surface area contributed by atoms with E-state index in [2.05, 4.69) is 20.4 Å². The van der Waals surface area contributed by atoms with Crippen LogP contribution in [0.15, 0.2) is 10.6 Å². The van der Waals surface area contributed by atoms with Crippen molar-refractivity contribution in [1.29, 1.82) is 0 Å². The first-order valence-corrected chi connectivity index (χ1v) is 7.89. The van der Waals surface area contributed by atoms with Gasteiger partial charge in [-0.3, -0.25) is 4.79 Å².